The van der Waals surface area contributed by atoms with E-state index in [2.05, 4.69) is 48.3 Å². The molecule has 3 rings (SSSR count). The second kappa shape index (κ2) is 5.51. The minimum atomic E-state index is -0.128. The Bertz CT molecular complexity index is 544. The number of nitrogens with zero attached hydrogens (tertiary/aromatic N) is 1. The summed E-state index contributed by atoms with van der Waals surface area (Å²) in [6.45, 7) is 6.20. The Balaban J connectivity index is 1.58. The average molecular weight is 286 g/mol. The van der Waals surface area contributed by atoms with Crippen LogP contribution in [0.15, 0.2) is 24.3 Å². The zero-order valence-electron chi connectivity index (χ0n) is 12.6. The molecule has 0 radical (unpaired) electrons. The van der Waals surface area contributed by atoms with Crippen LogP contribution in [-0.4, -0.2) is 24.9 Å². The molecule has 2 aliphatic heterocycles. The van der Waals surface area contributed by atoms with Crippen LogP contribution in [0.2, 0.25) is 0 Å². The number of hydrogen-bond donors (Lipinski definition) is 1. The number of amides is 2. The van der Waals surface area contributed by atoms with Crippen molar-refractivity contribution in [3.8, 4) is 0 Å². The second-order valence-electron chi connectivity index (χ2n) is 6.47. The third-order valence-corrected chi connectivity index (χ3v) is 4.69. The van der Waals surface area contributed by atoms with E-state index in [9.17, 15) is 9.59 Å². The summed E-state index contributed by atoms with van der Waals surface area (Å²) in [6.07, 6.45) is 1.19. The minimum absolute atomic E-state index is 0.00823. The van der Waals surface area contributed by atoms with Gasteiger partial charge in [-0.1, -0.05) is 26.0 Å². The first-order chi connectivity index (χ1) is 10.0. The van der Waals surface area contributed by atoms with Gasteiger partial charge in [-0.25, -0.2) is 0 Å². The van der Waals surface area contributed by atoms with Gasteiger partial charge in [0.15, 0.2) is 0 Å². The van der Waals surface area contributed by atoms with Crippen LogP contribution in [0.5, 0.6) is 0 Å². The molecule has 4 heteroatoms. The molecule has 1 atom stereocenters. The molecule has 0 aliphatic carbocycles. The van der Waals surface area contributed by atoms with Gasteiger partial charge in [0, 0.05) is 37.0 Å². The number of carbonyl (C=O) groups excluding carboxylic acids is 2. The lowest BCUT2D eigenvalue weighted by atomic mass is 9.80. The molecule has 2 aliphatic rings. The van der Waals surface area contributed by atoms with Gasteiger partial charge in [-0.3, -0.25) is 14.9 Å². The molecule has 1 N–H and O–H groups in total. The second-order valence-corrected chi connectivity index (χ2v) is 6.47. The molecule has 4 nitrogen and oxygen atoms in total. The number of nitrogens with one attached hydrogen (secondary N) is 1. The highest BCUT2D eigenvalue weighted by atomic mass is 16.2. The van der Waals surface area contributed by atoms with Crippen LogP contribution >= 0.6 is 0 Å². The van der Waals surface area contributed by atoms with Gasteiger partial charge in [0.2, 0.25) is 11.8 Å². The van der Waals surface area contributed by atoms with E-state index in [0.717, 1.165) is 13.1 Å². The molecule has 1 unspecified atom stereocenters. The normalized spacial score (nSPS) is 23.2. The maximum absolute atomic E-state index is 11.9. The number of carbonyl (C=O) groups is 2. The van der Waals surface area contributed by atoms with Gasteiger partial charge in [0.1, 0.15) is 0 Å². The van der Waals surface area contributed by atoms with Crippen molar-refractivity contribution in [3.05, 3.63) is 29.8 Å². The monoisotopic (exact) mass is 286 g/mol. The van der Waals surface area contributed by atoms with E-state index >= 15 is 0 Å². The maximum atomic E-state index is 11.9. The van der Waals surface area contributed by atoms with Crippen molar-refractivity contribution in [3.63, 3.8) is 0 Å². The van der Waals surface area contributed by atoms with E-state index in [4.69, 9.17) is 0 Å². The number of imide groups is 1. The summed E-state index contributed by atoms with van der Waals surface area (Å²) in [4.78, 5) is 25.3. The van der Waals surface area contributed by atoms with Gasteiger partial charge >= 0.3 is 0 Å². The fourth-order valence-electron chi connectivity index (χ4n) is 3.21. The van der Waals surface area contributed by atoms with Crippen LogP contribution in [0.3, 0.4) is 0 Å². The van der Waals surface area contributed by atoms with Crippen molar-refractivity contribution in [1.82, 2.24) is 5.32 Å². The summed E-state index contributed by atoms with van der Waals surface area (Å²) in [6, 6.07) is 8.69. The highest BCUT2D eigenvalue weighted by Gasteiger charge is 2.39. The Kier molecular flexibility index (Phi) is 3.70. The zero-order valence-corrected chi connectivity index (χ0v) is 12.6. The highest BCUT2D eigenvalue weighted by molar-refractivity contribution is 5.98. The number of piperidine rings is 1. The Morgan fingerprint density at radius 3 is 2.38 bits per heavy atom. The molecular formula is C17H22N2O2. The third-order valence-electron chi connectivity index (χ3n) is 4.69. The first-order valence-electron chi connectivity index (χ1n) is 7.73. The quantitative estimate of drug-likeness (QED) is 0.867. The molecule has 21 heavy (non-hydrogen) atoms. The average Bonchev–Trinajstić information content (AvgIpc) is 2.40. The molecule has 2 fully saturated rings. The van der Waals surface area contributed by atoms with Gasteiger partial charge < -0.3 is 4.90 Å². The molecule has 0 spiro atoms. The zero-order chi connectivity index (χ0) is 15.0. The SMILES string of the molecule is CC(C)c1ccc(N2CC(C3CCC(=O)NC3=O)C2)cc1. The summed E-state index contributed by atoms with van der Waals surface area (Å²) < 4.78 is 0. The van der Waals surface area contributed by atoms with Gasteiger partial charge in [0.05, 0.1) is 0 Å². The Morgan fingerprint density at radius 1 is 1.14 bits per heavy atom. The van der Waals surface area contributed by atoms with Crippen molar-refractivity contribution in [2.24, 2.45) is 11.8 Å². The molecule has 1 aromatic carbocycles. The van der Waals surface area contributed by atoms with Crippen LogP contribution in [0, 0.1) is 11.8 Å². The summed E-state index contributed by atoms with van der Waals surface area (Å²) in [5.41, 5.74) is 2.57. The van der Waals surface area contributed by atoms with Crippen LogP contribution in [-0.2, 0) is 9.59 Å². The highest BCUT2D eigenvalue weighted by Crippen LogP contribution is 2.33. The fourth-order valence-corrected chi connectivity index (χ4v) is 3.21. The van der Waals surface area contributed by atoms with E-state index in [1.165, 1.54) is 11.3 Å². The molecular weight excluding hydrogens is 264 g/mol. The standard InChI is InChI=1S/C17H22N2O2/c1-11(2)12-3-5-14(6-4-12)19-9-13(10-19)15-7-8-16(20)18-17(15)21/h3-6,11,13,15H,7-10H2,1-2H3,(H,18,20,21). The molecule has 0 saturated carbocycles. The molecule has 2 amide bonds. The summed E-state index contributed by atoms with van der Waals surface area (Å²) in [5.74, 6) is 0.728. The van der Waals surface area contributed by atoms with E-state index in [0.29, 0.717) is 24.7 Å². The van der Waals surface area contributed by atoms with Crippen molar-refractivity contribution >= 4 is 17.5 Å². The van der Waals surface area contributed by atoms with Crippen LogP contribution in [0.4, 0.5) is 5.69 Å². The topological polar surface area (TPSA) is 49.4 Å². The van der Waals surface area contributed by atoms with Gasteiger partial charge in [0.25, 0.3) is 0 Å². The predicted molar refractivity (Wildman–Crippen MR) is 82.1 cm³/mol. The summed E-state index contributed by atoms with van der Waals surface area (Å²) >= 11 is 0. The molecule has 112 valence electrons. The molecule has 2 heterocycles. The lowest BCUT2D eigenvalue weighted by molar-refractivity contribution is -0.138. The van der Waals surface area contributed by atoms with E-state index in [1.54, 1.807) is 0 Å². The first-order valence-corrected chi connectivity index (χ1v) is 7.73. The summed E-state index contributed by atoms with van der Waals surface area (Å²) in [5, 5.41) is 2.46. The lowest BCUT2D eigenvalue weighted by Crippen LogP contribution is -2.55. The van der Waals surface area contributed by atoms with E-state index in [-0.39, 0.29) is 17.7 Å². The molecule has 2 saturated heterocycles. The Morgan fingerprint density at radius 2 is 1.81 bits per heavy atom. The van der Waals surface area contributed by atoms with Crippen molar-refractivity contribution < 1.29 is 9.59 Å². The minimum Gasteiger partial charge on any atom is -0.371 e. The summed E-state index contributed by atoms with van der Waals surface area (Å²) in [7, 11) is 0. The maximum Gasteiger partial charge on any atom is 0.230 e. The van der Waals surface area contributed by atoms with Gasteiger partial charge in [-0.2, -0.15) is 0 Å². The smallest absolute Gasteiger partial charge is 0.230 e. The van der Waals surface area contributed by atoms with Crippen LogP contribution < -0.4 is 10.2 Å². The van der Waals surface area contributed by atoms with Crippen molar-refractivity contribution in [1.29, 1.82) is 0 Å². The molecule has 0 bridgehead atoms. The van der Waals surface area contributed by atoms with E-state index in [1.807, 2.05) is 0 Å². The van der Waals surface area contributed by atoms with Crippen LogP contribution in [0.25, 0.3) is 0 Å². The predicted octanol–water partition coefficient (Wildman–Crippen LogP) is 2.30. The number of anilines is 1. The number of benzene rings is 1. The Hall–Kier alpha value is -1.84. The molecule has 1 aromatic rings. The first kappa shape index (κ1) is 14.1. The van der Waals surface area contributed by atoms with Crippen LogP contribution in [0.1, 0.15) is 38.2 Å². The Labute approximate surface area is 125 Å². The van der Waals surface area contributed by atoms with Crippen molar-refractivity contribution in [2.45, 2.75) is 32.6 Å². The van der Waals surface area contributed by atoms with Crippen molar-refractivity contribution in [2.75, 3.05) is 18.0 Å². The lowest BCUT2D eigenvalue weighted by Gasteiger charge is -2.45. The number of hydrogen-bond acceptors (Lipinski definition) is 3. The van der Waals surface area contributed by atoms with Gasteiger partial charge in [-0.05, 0) is 30.0 Å². The van der Waals surface area contributed by atoms with E-state index < -0.39 is 0 Å². The largest absolute Gasteiger partial charge is 0.371 e. The fraction of sp³-hybridized carbons (Fsp3) is 0.529. The third kappa shape index (κ3) is 2.80. The molecule has 0 aromatic heterocycles. The van der Waals surface area contributed by atoms with Gasteiger partial charge in [-0.15, -0.1) is 0 Å². The number of rotatable bonds is 3.